The van der Waals surface area contributed by atoms with Crippen molar-refractivity contribution in [1.82, 2.24) is 10.3 Å². The zero-order valence-corrected chi connectivity index (χ0v) is 14.6. The van der Waals surface area contributed by atoms with E-state index in [1.54, 1.807) is 0 Å². The van der Waals surface area contributed by atoms with E-state index in [4.69, 9.17) is 14.6 Å². The molecule has 2 aromatic rings. The van der Waals surface area contributed by atoms with E-state index in [1.807, 2.05) is 26.0 Å². The number of hydrogen-bond donors (Lipinski definition) is 2. The molecule has 2 heterocycles. The quantitative estimate of drug-likeness (QED) is 0.825. The van der Waals surface area contributed by atoms with Gasteiger partial charge in [-0.2, -0.15) is 0 Å². The van der Waals surface area contributed by atoms with Crippen LogP contribution in [0.15, 0.2) is 30.5 Å². The monoisotopic (exact) mass is 356 g/mol. The van der Waals surface area contributed by atoms with Crippen molar-refractivity contribution in [2.24, 2.45) is 0 Å². The van der Waals surface area contributed by atoms with Gasteiger partial charge in [0.15, 0.2) is 0 Å². The van der Waals surface area contributed by atoms with Gasteiger partial charge in [-0.25, -0.2) is 4.79 Å². The van der Waals surface area contributed by atoms with Crippen LogP contribution in [0, 0.1) is 0 Å². The zero-order chi connectivity index (χ0) is 18.7. The predicted octanol–water partition coefficient (Wildman–Crippen LogP) is 2.43. The minimum absolute atomic E-state index is 0.0140. The van der Waals surface area contributed by atoms with Gasteiger partial charge in [0, 0.05) is 30.3 Å². The number of carboxylic acid groups (broad SMARTS) is 1. The van der Waals surface area contributed by atoms with Gasteiger partial charge in [-0.05, 0) is 38.1 Å². The summed E-state index contributed by atoms with van der Waals surface area (Å²) in [6, 6.07) is 6.41. The van der Waals surface area contributed by atoms with Crippen molar-refractivity contribution in [1.29, 1.82) is 0 Å². The molecule has 26 heavy (non-hydrogen) atoms. The Bertz CT molecular complexity index is 850. The molecule has 1 aromatic heterocycles. The van der Waals surface area contributed by atoms with Crippen molar-refractivity contribution >= 4 is 11.9 Å². The summed E-state index contributed by atoms with van der Waals surface area (Å²) in [5.74, 6) is -0.0528. The molecule has 1 amide bonds. The lowest BCUT2D eigenvalue weighted by Gasteiger charge is -2.13. The first-order valence-electron chi connectivity index (χ1n) is 8.40. The molecule has 0 radical (unpaired) electrons. The lowest BCUT2D eigenvalue weighted by atomic mass is 10.1. The molecule has 1 atom stereocenters. The Labute approximate surface area is 151 Å². The zero-order valence-electron chi connectivity index (χ0n) is 14.6. The number of ether oxygens (including phenoxy) is 2. The molecule has 3 rings (SSSR count). The maximum absolute atomic E-state index is 12.3. The Kier molecular flexibility index (Phi) is 5.06. The second-order valence-electron chi connectivity index (χ2n) is 6.05. The Morgan fingerprint density at radius 2 is 2.19 bits per heavy atom. The van der Waals surface area contributed by atoms with Gasteiger partial charge in [0.05, 0.1) is 12.2 Å². The highest BCUT2D eigenvalue weighted by molar-refractivity contribution is 5.95. The summed E-state index contributed by atoms with van der Waals surface area (Å²) in [6.07, 6.45) is 2.25. The van der Waals surface area contributed by atoms with Crippen LogP contribution in [-0.4, -0.2) is 34.7 Å². The summed E-state index contributed by atoms with van der Waals surface area (Å²) >= 11 is 0. The highest BCUT2D eigenvalue weighted by Gasteiger charge is 2.22. The minimum atomic E-state index is -1.11. The average molecular weight is 356 g/mol. The molecule has 1 aliphatic heterocycles. The Hall–Kier alpha value is -3.09. The molecule has 1 aromatic carbocycles. The number of pyridine rings is 1. The summed E-state index contributed by atoms with van der Waals surface area (Å²) in [5, 5.41) is 11.8. The number of nitrogens with one attached hydrogen (secondary N) is 1. The van der Waals surface area contributed by atoms with Gasteiger partial charge < -0.3 is 19.9 Å². The highest BCUT2D eigenvalue weighted by Crippen LogP contribution is 2.35. The minimum Gasteiger partial charge on any atom is -0.494 e. The van der Waals surface area contributed by atoms with Crippen LogP contribution in [-0.2, 0) is 13.0 Å². The van der Waals surface area contributed by atoms with Crippen molar-refractivity contribution in [2.75, 3.05) is 6.61 Å². The van der Waals surface area contributed by atoms with Crippen LogP contribution in [0.4, 0.5) is 0 Å². The van der Waals surface area contributed by atoms with Crippen LogP contribution in [0.5, 0.6) is 11.5 Å². The molecule has 0 saturated carbocycles. The van der Waals surface area contributed by atoms with E-state index in [2.05, 4.69) is 10.3 Å². The number of hydrogen-bond acceptors (Lipinski definition) is 5. The number of nitrogens with zero attached hydrogens (tertiary/aromatic N) is 1. The average Bonchev–Trinajstić information content (AvgIpc) is 2.98. The number of benzene rings is 1. The summed E-state index contributed by atoms with van der Waals surface area (Å²) in [6.45, 7) is 4.63. The van der Waals surface area contributed by atoms with Crippen molar-refractivity contribution in [3.05, 3.63) is 52.8 Å². The van der Waals surface area contributed by atoms with E-state index in [9.17, 15) is 9.59 Å². The number of carbonyl (C=O) groups is 2. The standard InChI is InChI=1S/C19H20N2O5/c1-3-25-16-8-13-6-11(2)26-17(13)9-14(16)10-21-18(22)15-7-12(19(23)24)4-5-20-15/h4-5,7-9,11H,3,6,10H2,1-2H3,(H,21,22)(H,23,24). The molecule has 7 heteroatoms. The number of aromatic carboxylic acids is 1. The summed E-state index contributed by atoms with van der Waals surface area (Å²) in [4.78, 5) is 27.3. The van der Waals surface area contributed by atoms with Gasteiger partial charge in [-0.1, -0.05) is 0 Å². The molecule has 1 unspecified atom stereocenters. The molecule has 0 bridgehead atoms. The number of rotatable bonds is 6. The fourth-order valence-corrected chi connectivity index (χ4v) is 2.86. The lowest BCUT2D eigenvalue weighted by molar-refractivity contribution is 0.0696. The third kappa shape index (κ3) is 3.77. The topological polar surface area (TPSA) is 97.8 Å². The molecular formula is C19H20N2O5. The SMILES string of the molecule is CCOc1cc2c(cc1CNC(=O)c1cc(C(=O)O)ccn1)OC(C)C2. The number of carbonyl (C=O) groups excluding carboxylic acids is 1. The van der Waals surface area contributed by atoms with E-state index in [0.29, 0.717) is 12.4 Å². The second-order valence-corrected chi connectivity index (χ2v) is 6.05. The van der Waals surface area contributed by atoms with Crippen LogP contribution >= 0.6 is 0 Å². The van der Waals surface area contributed by atoms with E-state index in [-0.39, 0.29) is 23.9 Å². The largest absolute Gasteiger partial charge is 0.494 e. The van der Waals surface area contributed by atoms with Gasteiger partial charge in [0.25, 0.3) is 5.91 Å². The van der Waals surface area contributed by atoms with E-state index < -0.39 is 11.9 Å². The van der Waals surface area contributed by atoms with E-state index in [0.717, 1.165) is 23.3 Å². The molecular weight excluding hydrogens is 336 g/mol. The normalized spacial score (nSPS) is 15.1. The van der Waals surface area contributed by atoms with Gasteiger partial charge in [0.1, 0.15) is 23.3 Å². The van der Waals surface area contributed by atoms with Crippen molar-refractivity contribution in [2.45, 2.75) is 32.9 Å². The van der Waals surface area contributed by atoms with Gasteiger partial charge in [0.2, 0.25) is 0 Å². The van der Waals surface area contributed by atoms with E-state index in [1.165, 1.54) is 18.3 Å². The predicted molar refractivity (Wildman–Crippen MR) is 93.8 cm³/mol. The summed E-state index contributed by atoms with van der Waals surface area (Å²) < 4.78 is 11.5. The number of amides is 1. The summed E-state index contributed by atoms with van der Waals surface area (Å²) in [5.41, 5.74) is 1.95. The number of fused-ring (bicyclic) bond motifs is 1. The Balaban J connectivity index is 1.76. The molecule has 136 valence electrons. The first-order valence-corrected chi connectivity index (χ1v) is 8.40. The van der Waals surface area contributed by atoms with E-state index >= 15 is 0 Å². The Morgan fingerprint density at radius 3 is 2.92 bits per heavy atom. The van der Waals surface area contributed by atoms with Crippen molar-refractivity contribution < 1.29 is 24.2 Å². The van der Waals surface area contributed by atoms with Gasteiger partial charge in [-0.3, -0.25) is 9.78 Å². The molecule has 1 aliphatic rings. The fourth-order valence-electron chi connectivity index (χ4n) is 2.86. The third-order valence-electron chi connectivity index (χ3n) is 4.06. The smallest absolute Gasteiger partial charge is 0.335 e. The highest BCUT2D eigenvalue weighted by atomic mass is 16.5. The molecule has 0 fully saturated rings. The van der Waals surface area contributed by atoms with Crippen LogP contribution in [0.2, 0.25) is 0 Å². The van der Waals surface area contributed by atoms with Crippen molar-refractivity contribution in [3.63, 3.8) is 0 Å². The van der Waals surface area contributed by atoms with Gasteiger partial charge >= 0.3 is 5.97 Å². The third-order valence-corrected chi connectivity index (χ3v) is 4.06. The Morgan fingerprint density at radius 1 is 1.38 bits per heavy atom. The first-order chi connectivity index (χ1) is 12.5. The molecule has 2 N–H and O–H groups in total. The maximum atomic E-state index is 12.3. The number of aromatic nitrogens is 1. The maximum Gasteiger partial charge on any atom is 0.335 e. The molecule has 0 saturated heterocycles. The van der Waals surface area contributed by atoms with Gasteiger partial charge in [-0.15, -0.1) is 0 Å². The van der Waals surface area contributed by atoms with Crippen LogP contribution in [0.25, 0.3) is 0 Å². The van der Waals surface area contributed by atoms with Crippen LogP contribution in [0.1, 0.15) is 45.8 Å². The molecule has 7 nitrogen and oxygen atoms in total. The fraction of sp³-hybridized carbons (Fsp3) is 0.316. The molecule has 0 spiro atoms. The summed E-state index contributed by atoms with van der Waals surface area (Å²) in [7, 11) is 0. The van der Waals surface area contributed by atoms with Crippen molar-refractivity contribution in [3.8, 4) is 11.5 Å². The number of carboxylic acids is 1. The van der Waals surface area contributed by atoms with Crippen LogP contribution in [0.3, 0.4) is 0 Å². The lowest BCUT2D eigenvalue weighted by Crippen LogP contribution is -2.24. The second kappa shape index (κ2) is 7.43. The first kappa shape index (κ1) is 17.7. The van der Waals surface area contributed by atoms with Crippen LogP contribution < -0.4 is 14.8 Å². The molecule has 0 aliphatic carbocycles.